The molecule has 0 bridgehead atoms. The Morgan fingerprint density at radius 2 is 1.73 bits per heavy atom. The number of amides is 1. The fourth-order valence-electron chi connectivity index (χ4n) is 3.82. The lowest BCUT2D eigenvalue weighted by atomic mass is 10.2. The Bertz CT molecular complexity index is 1450. The van der Waals surface area contributed by atoms with Crippen LogP contribution >= 0.6 is 45.8 Å². The maximum absolute atomic E-state index is 12.7. The Morgan fingerprint density at radius 1 is 1.03 bits per heavy atom. The van der Waals surface area contributed by atoms with E-state index >= 15 is 0 Å². The molecule has 0 spiro atoms. The van der Waals surface area contributed by atoms with Crippen molar-refractivity contribution in [1.29, 1.82) is 0 Å². The highest BCUT2D eigenvalue weighted by Crippen LogP contribution is 2.34. The van der Waals surface area contributed by atoms with Crippen LogP contribution in [0.5, 0.6) is 11.5 Å². The molecule has 1 aromatic heterocycles. The number of halogens is 3. The normalized spacial score (nSPS) is 11.1. The minimum absolute atomic E-state index is 0.336. The summed E-state index contributed by atoms with van der Waals surface area (Å²) in [5, 5.41) is 5.12. The Hall–Kier alpha value is -3.01. The van der Waals surface area contributed by atoms with Gasteiger partial charge in [-0.25, -0.2) is 5.43 Å². The zero-order valence-corrected chi connectivity index (χ0v) is 24.1. The first-order valence-electron chi connectivity index (χ1n) is 11.3. The largest absolute Gasteiger partial charge is 0.493 e. The van der Waals surface area contributed by atoms with E-state index in [1.165, 1.54) is 0 Å². The second kappa shape index (κ2) is 12.0. The van der Waals surface area contributed by atoms with Gasteiger partial charge in [0.05, 0.1) is 27.5 Å². The predicted molar refractivity (Wildman–Crippen MR) is 157 cm³/mol. The lowest BCUT2D eigenvalue weighted by Crippen LogP contribution is -2.18. The van der Waals surface area contributed by atoms with E-state index < -0.39 is 5.91 Å². The molecule has 0 aliphatic carbocycles. The van der Waals surface area contributed by atoms with Gasteiger partial charge in [0.25, 0.3) is 5.91 Å². The van der Waals surface area contributed by atoms with Crippen molar-refractivity contribution in [3.63, 3.8) is 0 Å². The van der Waals surface area contributed by atoms with Gasteiger partial charge in [0.1, 0.15) is 6.61 Å². The molecule has 0 saturated heterocycles. The van der Waals surface area contributed by atoms with Gasteiger partial charge < -0.3 is 14.0 Å². The number of hydrazone groups is 1. The fourth-order valence-corrected chi connectivity index (χ4v) is 4.99. The molecule has 3 aromatic carbocycles. The first kappa shape index (κ1) is 27.0. The maximum atomic E-state index is 12.7. The third-order valence-electron chi connectivity index (χ3n) is 5.65. The topological polar surface area (TPSA) is 64.8 Å². The van der Waals surface area contributed by atoms with Crippen molar-refractivity contribution in [3.05, 3.63) is 108 Å². The third-order valence-corrected chi connectivity index (χ3v) is 7.02. The first-order chi connectivity index (χ1) is 17.8. The Labute approximate surface area is 239 Å². The highest BCUT2D eigenvalue weighted by molar-refractivity contribution is 14.1. The monoisotopic (exact) mass is 647 g/mol. The highest BCUT2D eigenvalue weighted by atomic mass is 127. The maximum Gasteiger partial charge on any atom is 0.272 e. The molecule has 0 unspecified atom stereocenters. The summed E-state index contributed by atoms with van der Waals surface area (Å²) in [5.41, 5.74) is 7.67. The molecule has 1 N–H and O–H groups in total. The molecule has 4 aromatic rings. The number of ether oxygens (including phenoxy) is 2. The van der Waals surface area contributed by atoms with E-state index in [-0.39, 0.29) is 0 Å². The number of aryl methyl sites for hydroxylation is 2. The molecule has 4 rings (SSSR count). The summed E-state index contributed by atoms with van der Waals surface area (Å²) in [7, 11) is 1.58. The molecule has 0 aliphatic rings. The zero-order chi connectivity index (χ0) is 26.5. The lowest BCUT2D eigenvalue weighted by Gasteiger charge is -2.13. The minimum Gasteiger partial charge on any atom is -0.493 e. The van der Waals surface area contributed by atoms with Gasteiger partial charge in [-0.1, -0.05) is 35.3 Å². The van der Waals surface area contributed by atoms with Crippen LogP contribution in [0.25, 0.3) is 5.69 Å². The minimum atomic E-state index is -0.404. The highest BCUT2D eigenvalue weighted by Gasteiger charge is 2.14. The second-order valence-corrected chi connectivity index (χ2v) is 10.3. The zero-order valence-electron chi connectivity index (χ0n) is 20.4. The number of carbonyl (C=O) groups is 1. The van der Waals surface area contributed by atoms with Gasteiger partial charge in [0.15, 0.2) is 11.5 Å². The van der Waals surface area contributed by atoms with Crippen LogP contribution in [0.3, 0.4) is 0 Å². The molecule has 0 fully saturated rings. The van der Waals surface area contributed by atoms with Crippen LogP contribution in [0.2, 0.25) is 10.0 Å². The van der Waals surface area contributed by atoms with Crippen molar-refractivity contribution in [2.24, 2.45) is 5.10 Å². The van der Waals surface area contributed by atoms with Gasteiger partial charge in [-0.15, -0.1) is 0 Å². The molecule has 0 radical (unpaired) electrons. The number of hydrogen-bond donors (Lipinski definition) is 1. The standard InChI is InChI=1S/C28H24Cl2IN3O3/c1-17-4-5-18(2)34(17)22-10-11-23(24(30)14-22)28(35)33-32-15-20-12-25(31)27(26(13-20)36-3)37-16-19-6-8-21(29)9-7-19/h4-15H,16H2,1-3H3,(H,33,35)/b32-15-. The van der Waals surface area contributed by atoms with Crippen LogP contribution in [0.1, 0.15) is 32.9 Å². The fraction of sp³-hybridized carbons (Fsp3) is 0.143. The molecule has 1 heterocycles. The number of rotatable bonds is 8. The summed E-state index contributed by atoms with van der Waals surface area (Å²) < 4.78 is 14.4. The SMILES string of the molecule is COc1cc(/C=N\NC(=O)c2ccc(-n3c(C)ccc3C)cc2Cl)cc(I)c1OCc1ccc(Cl)cc1. The van der Waals surface area contributed by atoms with E-state index in [0.29, 0.717) is 33.7 Å². The van der Waals surface area contributed by atoms with Crippen molar-refractivity contribution in [2.45, 2.75) is 20.5 Å². The van der Waals surface area contributed by atoms with Crippen LogP contribution in [0.4, 0.5) is 0 Å². The van der Waals surface area contributed by atoms with E-state index in [1.807, 2.05) is 62.4 Å². The number of hydrogen-bond acceptors (Lipinski definition) is 4. The average molecular weight is 648 g/mol. The van der Waals surface area contributed by atoms with Crippen molar-refractivity contribution < 1.29 is 14.3 Å². The number of nitrogens with one attached hydrogen (secondary N) is 1. The molecule has 0 saturated carbocycles. The quantitative estimate of drug-likeness (QED) is 0.124. The van der Waals surface area contributed by atoms with E-state index in [2.05, 4.69) is 37.7 Å². The van der Waals surface area contributed by atoms with Crippen LogP contribution in [0.15, 0.2) is 71.8 Å². The summed E-state index contributed by atoms with van der Waals surface area (Å²) in [6.45, 7) is 4.41. The predicted octanol–water partition coefficient (Wildman–Crippen LogP) is 7.36. The first-order valence-corrected chi connectivity index (χ1v) is 13.1. The van der Waals surface area contributed by atoms with Crippen molar-refractivity contribution in [1.82, 2.24) is 9.99 Å². The number of aromatic nitrogens is 1. The second-order valence-electron chi connectivity index (χ2n) is 8.26. The van der Waals surface area contributed by atoms with Gasteiger partial charge in [0.2, 0.25) is 0 Å². The number of methoxy groups -OCH3 is 1. The van der Waals surface area contributed by atoms with Crippen molar-refractivity contribution in [3.8, 4) is 17.2 Å². The summed E-state index contributed by atoms with van der Waals surface area (Å²) >= 11 is 14.6. The van der Waals surface area contributed by atoms with Crippen molar-refractivity contribution in [2.75, 3.05) is 7.11 Å². The summed E-state index contributed by atoms with van der Waals surface area (Å²) in [5.74, 6) is 0.778. The molecular formula is C28H24Cl2IN3O3. The molecule has 1 amide bonds. The molecule has 37 heavy (non-hydrogen) atoms. The van der Waals surface area contributed by atoms with Gasteiger partial charge >= 0.3 is 0 Å². The molecular weight excluding hydrogens is 624 g/mol. The lowest BCUT2D eigenvalue weighted by molar-refractivity contribution is 0.0955. The van der Waals surface area contributed by atoms with E-state index in [1.54, 1.807) is 31.5 Å². The Balaban J connectivity index is 1.44. The van der Waals surface area contributed by atoms with E-state index in [4.69, 9.17) is 32.7 Å². The molecule has 9 heteroatoms. The van der Waals surface area contributed by atoms with Crippen LogP contribution in [0, 0.1) is 17.4 Å². The van der Waals surface area contributed by atoms with Crippen LogP contribution in [-0.2, 0) is 6.61 Å². The molecule has 190 valence electrons. The van der Waals surface area contributed by atoms with Gasteiger partial charge in [-0.05, 0) is 102 Å². The smallest absolute Gasteiger partial charge is 0.272 e. The Kier molecular flexibility index (Phi) is 8.79. The van der Waals surface area contributed by atoms with Crippen LogP contribution < -0.4 is 14.9 Å². The third kappa shape index (κ3) is 6.47. The van der Waals surface area contributed by atoms with Crippen molar-refractivity contribution >= 4 is 57.9 Å². The summed E-state index contributed by atoms with van der Waals surface area (Å²) in [6.07, 6.45) is 1.54. The molecule has 6 nitrogen and oxygen atoms in total. The van der Waals surface area contributed by atoms with Crippen LogP contribution in [-0.4, -0.2) is 23.8 Å². The average Bonchev–Trinajstić information content (AvgIpc) is 3.21. The van der Waals surface area contributed by atoms with Gasteiger partial charge in [-0.3, -0.25) is 4.79 Å². The molecule has 0 atom stereocenters. The van der Waals surface area contributed by atoms with E-state index in [9.17, 15) is 4.79 Å². The summed E-state index contributed by atoms with van der Waals surface area (Å²) in [4.78, 5) is 12.7. The number of benzene rings is 3. The number of nitrogens with zero attached hydrogens (tertiary/aromatic N) is 2. The number of carbonyl (C=O) groups excluding carboxylic acids is 1. The Morgan fingerprint density at radius 3 is 2.38 bits per heavy atom. The van der Waals surface area contributed by atoms with Gasteiger partial charge in [0, 0.05) is 22.1 Å². The summed E-state index contributed by atoms with van der Waals surface area (Å²) in [6, 6.07) is 20.5. The van der Waals surface area contributed by atoms with Gasteiger partial charge in [-0.2, -0.15) is 5.10 Å². The van der Waals surface area contributed by atoms with E-state index in [0.717, 1.165) is 31.8 Å². The molecule has 0 aliphatic heterocycles.